The molecule has 16 heavy (non-hydrogen) atoms. The van der Waals surface area contributed by atoms with Crippen molar-refractivity contribution >= 4 is 0 Å². The molecule has 0 aliphatic heterocycles. The highest BCUT2D eigenvalue weighted by Crippen LogP contribution is 2.09. The molecule has 0 saturated heterocycles. The van der Waals surface area contributed by atoms with Crippen LogP contribution in [-0.2, 0) is 0 Å². The smallest absolute Gasteiger partial charge is 0.258 e. The van der Waals surface area contributed by atoms with Crippen LogP contribution in [0.2, 0.25) is 0 Å². The van der Waals surface area contributed by atoms with Gasteiger partial charge in [0.1, 0.15) is 5.75 Å². The topological polar surface area (TPSA) is 66.0 Å². The van der Waals surface area contributed by atoms with Gasteiger partial charge in [-0.2, -0.15) is 5.26 Å². The summed E-state index contributed by atoms with van der Waals surface area (Å²) in [6, 6.07) is 11.2. The molecular weight excluding hydrogens is 204 g/mol. The van der Waals surface area contributed by atoms with Crippen LogP contribution in [0.15, 0.2) is 47.4 Å². The Balaban J connectivity index is 2.51. The van der Waals surface area contributed by atoms with Crippen LogP contribution in [0.5, 0.6) is 5.75 Å². The van der Waals surface area contributed by atoms with Crippen LogP contribution in [0.3, 0.4) is 0 Å². The zero-order valence-corrected chi connectivity index (χ0v) is 8.29. The van der Waals surface area contributed by atoms with E-state index in [1.807, 2.05) is 6.07 Å². The van der Waals surface area contributed by atoms with Crippen LogP contribution in [-0.4, -0.2) is 9.67 Å². The molecule has 1 heterocycles. The average Bonchev–Trinajstić information content (AvgIpc) is 2.29. The summed E-state index contributed by atoms with van der Waals surface area (Å²) < 4.78 is 1.39. The molecule has 0 amide bonds. The van der Waals surface area contributed by atoms with Gasteiger partial charge in [0, 0.05) is 18.0 Å². The molecule has 0 spiro atoms. The summed E-state index contributed by atoms with van der Waals surface area (Å²) in [6.07, 6.45) is 1.49. The van der Waals surface area contributed by atoms with E-state index in [1.54, 1.807) is 24.3 Å². The molecule has 0 aliphatic carbocycles. The standard InChI is InChI=1S/C12H8N2O2/c13-8-9-1-3-10(4-2-9)14-6-5-11(15)7-12(14)16/h1-7,15H. The van der Waals surface area contributed by atoms with Gasteiger partial charge in [0.2, 0.25) is 0 Å². The second-order valence-corrected chi connectivity index (χ2v) is 3.25. The molecule has 1 N–H and O–H groups in total. The first kappa shape index (κ1) is 9.99. The van der Waals surface area contributed by atoms with Crippen molar-refractivity contribution in [3.63, 3.8) is 0 Å². The second kappa shape index (κ2) is 3.91. The Morgan fingerprint density at radius 3 is 2.44 bits per heavy atom. The predicted molar refractivity (Wildman–Crippen MR) is 58.4 cm³/mol. The summed E-state index contributed by atoms with van der Waals surface area (Å²) in [7, 11) is 0. The van der Waals surface area contributed by atoms with Crippen molar-refractivity contribution in [2.45, 2.75) is 0 Å². The molecule has 4 heteroatoms. The zero-order valence-electron chi connectivity index (χ0n) is 8.29. The minimum absolute atomic E-state index is 0.0603. The molecule has 78 valence electrons. The second-order valence-electron chi connectivity index (χ2n) is 3.25. The summed E-state index contributed by atoms with van der Waals surface area (Å²) in [6.45, 7) is 0. The van der Waals surface area contributed by atoms with Crippen LogP contribution in [0.25, 0.3) is 5.69 Å². The Hall–Kier alpha value is -2.54. The fourth-order valence-corrected chi connectivity index (χ4v) is 1.38. The van der Waals surface area contributed by atoms with Gasteiger partial charge in [-0.25, -0.2) is 0 Å². The molecule has 0 bridgehead atoms. The summed E-state index contributed by atoms with van der Waals surface area (Å²) >= 11 is 0. The summed E-state index contributed by atoms with van der Waals surface area (Å²) in [5.74, 6) is -0.0603. The molecular formula is C12H8N2O2. The van der Waals surface area contributed by atoms with Crippen molar-refractivity contribution in [2.24, 2.45) is 0 Å². The third kappa shape index (κ3) is 1.79. The zero-order chi connectivity index (χ0) is 11.5. The van der Waals surface area contributed by atoms with E-state index in [9.17, 15) is 4.79 Å². The quantitative estimate of drug-likeness (QED) is 0.777. The van der Waals surface area contributed by atoms with Crippen molar-refractivity contribution in [1.82, 2.24) is 4.57 Å². The van der Waals surface area contributed by atoms with Gasteiger partial charge in [0.25, 0.3) is 5.56 Å². The lowest BCUT2D eigenvalue weighted by molar-refractivity contribution is 0.473. The molecule has 0 aliphatic rings. The lowest BCUT2D eigenvalue weighted by atomic mass is 10.2. The number of hydrogen-bond donors (Lipinski definition) is 1. The van der Waals surface area contributed by atoms with Crippen molar-refractivity contribution in [1.29, 1.82) is 5.26 Å². The molecule has 1 aromatic heterocycles. The highest BCUT2D eigenvalue weighted by atomic mass is 16.3. The van der Waals surface area contributed by atoms with Gasteiger partial charge in [0.05, 0.1) is 11.6 Å². The Bertz CT molecular complexity index is 606. The van der Waals surface area contributed by atoms with Gasteiger partial charge >= 0.3 is 0 Å². The number of hydrogen-bond acceptors (Lipinski definition) is 3. The van der Waals surface area contributed by atoms with Gasteiger partial charge in [-0.15, -0.1) is 0 Å². The number of nitriles is 1. The first-order valence-electron chi connectivity index (χ1n) is 4.63. The molecule has 0 unspecified atom stereocenters. The maximum atomic E-state index is 11.5. The molecule has 0 saturated carbocycles. The monoisotopic (exact) mass is 212 g/mol. The average molecular weight is 212 g/mol. The van der Waals surface area contributed by atoms with Gasteiger partial charge in [0.15, 0.2) is 0 Å². The van der Waals surface area contributed by atoms with Crippen molar-refractivity contribution < 1.29 is 5.11 Å². The van der Waals surface area contributed by atoms with Crippen LogP contribution in [0.4, 0.5) is 0 Å². The number of pyridine rings is 1. The van der Waals surface area contributed by atoms with Gasteiger partial charge in [-0.1, -0.05) is 0 Å². The molecule has 0 radical (unpaired) electrons. The van der Waals surface area contributed by atoms with E-state index < -0.39 is 0 Å². The Labute approximate surface area is 91.6 Å². The van der Waals surface area contributed by atoms with E-state index >= 15 is 0 Å². The Morgan fingerprint density at radius 2 is 1.88 bits per heavy atom. The molecule has 4 nitrogen and oxygen atoms in total. The third-order valence-electron chi connectivity index (χ3n) is 2.18. The van der Waals surface area contributed by atoms with Crippen molar-refractivity contribution in [3.05, 3.63) is 58.5 Å². The summed E-state index contributed by atoms with van der Waals surface area (Å²) in [4.78, 5) is 11.5. The summed E-state index contributed by atoms with van der Waals surface area (Å²) in [5.41, 5.74) is 0.879. The van der Waals surface area contributed by atoms with E-state index in [2.05, 4.69) is 0 Å². The van der Waals surface area contributed by atoms with E-state index in [-0.39, 0.29) is 11.3 Å². The Kier molecular flexibility index (Phi) is 2.44. The number of aromatic hydroxyl groups is 1. The molecule has 2 rings (SSSR count). The normalized spacial score (nSPS) is 9.69. The molecule has 2 aromatic rings. The minimum Gasteiger partial charge on any atom is -0.508 e. The van der Waals surface area contributed by atoms with Crippen LogP contribution in [0, 0.1) is 11.3 Å². The highest BCUT2D eigenvalue weighted by molar-refractivity contribution is 5.40. The number of nitrogens with zero attached hydrogens (tertiary/aromatic N) is 2. The highest BCUT2D eigenvalue weighted by Gasteiger charge is 2.00. The fraction of sp³-hybridized carbons (Fsp3) is 0. The number of aromatic nitrogens is 1. The largest absolute Gasteiger partial charge is 0.508 e. The minimum atomic E-state index is -0.315. The van der Waals surface area contributed by atoms with E-state index in [0.29, 0.717) is 11.3 Å². The Morgan fingerprint density at radius 1 is 1.19 bits per heavy atom. The van der Waals surface area contributed by atoms with Crippen LogP contribution < -0.4 is 5.56 Å². The van der Waals surface area contributed by atoms with Crippen molar-refractivity contribution in [3.8, 4) is 17.5 Å². The van der Waals surface area contributed by atoms with E-state index in [4.69, 9.17) is 10.4 Å². The maximum Gasteiger partial charge on any atom is 0.258 e. The third-order valence-corrected chi connectivity index (χ3v) is 2.18. The van der Waals surface area contributed by atoms with Gasteiger partial charge in [-0.3, -0.25) is 9.36 Å². The number of rotatable bonds is 1. The maximum absolute atomic E-state index is 11.5. The van der Waals surface area contributed by atoms with E-state index in [1.165, 1.54) is 16.8 Å². The SMILES string of the molecule is N#Cc1ccc(-n2ccc(O)cc2=O)cc1. The van der Waals surface area contributed by atoms with E-state index in [0.717, 1.165) is 6.07 Å². The van der Waals surface area contributed by atoms with Gasteiger partial charge < -0.3 is 5.11 Å². The molecule has 0 fully saturated rings. The van der Waals surface area contributed by atoms with Crippen LogP contribution in [0.1, 0.15) is 5.56 Å². The lowest BCUT2D eigenvalue weighted by Crippen LogP contribution is -2.15. The van der Waals surface area contributed by atoms with Crippen LogP contribution >= 0.6 is 0 Å². The summed E-state index contributed by atoms with van der Waals surface area (Å²) in [5, 5.41) is 17.7. The molecule has 1 aromatic carbocycles. The lowest BCUT2D eigenvalue weighted by Gasteiger charge is -2.04. The van der Waals surface area contributed by atoms with Gasteiger partial charge in [-0.05, 0) is 30.3 Å². The van der Waals surface area contributed by atoms with Crippen molar-refractivity contribution in [2.75, 3.05) is 0 Å². The first-order valence-corrected chi connectivity index (χ1v) is 4.63. The predicted octanol–water partition coefficient (Wildman–Crippen LogP) is 1.41. The number of benzene rings is 1. The fourth-order valence-electron chi connectivity index (χ4n) is 1.38. The first-order chi connectivity index (χ1) is 7.70. The molecule has 0 atom stereocenters.